The molecule has 1 aliphatic heterocycles. The average Bonchev–Trinajstić information content (AvgIpc) is 3.20. The highest BCUT2D eigenvalue weighted by Crippen LogP contribution is 2.31. The lowest BCUT2D eigenvalue weighted by Gasteiger charge is -2.31. The lowest BCUT2D eigenvalue weighted by atomic mass is 9.93. The SMILES string of the molecule is CCCCCNC(=O)CC1CCN(C2CC2)CC1. The van der Waals surface area contributed by atoms with Gasteiger partial charge in [-0.3, -0.25) is 4.79 Å². The maximum absolute atomic E-state index is 11.8. The molecular formula is C15H28N2O. The van der Waals surface area contributed by atoms with Crippen LogP contribution < -0.4 is 5.32 Å². The van der Waals surface area contributed by atoms with Crippen molar-refractivity contribution in [2.24, 2.45) is 5.92 Å². The smallest absolute Gasteiger partial charge is 0.220 e. The van der Waals surface area contributed by atoms with Gasteiger partial charge < -0.3 is 10.2 Å². The zero-order valence-electron chi connectivity index (χ0n) is 11.8. The first kappa shape index (κ1) is 13.9. The Hall–Kier alpha value is -0.570. The van der Waals surface area contributed by atoms with Crippen molar-refractivity contribution in [1.82, 2.24) is 10.2 Å². The van der Waals surface area contributed by atoms with E-state index in [1.165, 1.54) is 51.6 Å². The van der Waals surface area contributed by atoms with Gasteiger partial charge in [-0.2, -0.15) is 0 Å². The number of unbranched alkanes of at least 4 members (excludes halogenated alkanes) is 2. The molecule has 1 amide bonds. The van der Waals surface area contributed by atoms with Crippen molar-refractivity contribution in [1.29, 1.82) is 0 Å². The summed E-state index contributed by atoms with van der Waals surface area (Å²) in [6.45, 7) is 5.50. The molecule has 1 N–H and O–H groups in total. The van der Waals surface area contributed by atoms with E-state index in [0.29, 0.717) is 5.92 Å². The monoisotopic (exact) mass is 252 g/mol. The van der Waals surface area contributed by atoms with Gasteiger partial charge in [0.05, 0.1) is 0 Å². The van der Waals surface area contributed by atoms with E-state index in [2.05, 4.69) is 17.1 Å². The lowest BCUT2D eigenvalue weighted by Crippen LogP contribution is -2.37. The summed E-state index contributed by atoms with van der Waals surface area (Å²) in [7, 11) is 0. The van der Waals surface area contributed by atoms with E-state index in [9.17, 15) is 4.79 Å². The Morgan fingerprint density at radius 1 is 1.17 bits per heavy atom. The zero-order valence-corrected chi connectivity index (χ0v) is 11.8. The molecule has 0 radical (unpaired) electrons. The summed E-state index contributed by atoms with van der Waals surface area (Å²) in [6, 6.07) is 0.897. The van der Waals surface area contributed by atoms with Crippen molar-refractivity contribution < 1.29 is 4.79 Å². The molecule has 0 spiro atoms. The van der Waals surface area contributed by atoms with Crippen LogP contribution in [0.2, 0.25) is 0 Å². The topological polar surface area (TPSA) is 32.3 Å². The van der Waals surface area contributed by atoms with Gasteiger partial charge >= 0.3 is 0 Å². The maximum Gasteiger partial charge on any atom is 0.220 e. The second-order valence-electron chi connectivity index (χ2n) is 5.97. The predicted octanol–water partition coefficient (Wildman–Crippen LogP) is 2.56. The van der Waals surface area contributed by atoms with Crippen LogP contribution in [0.4, 0.5) is 0 Å². The summed E-state index contributed by atoms with van der Waals surface area (Å²) in [6.07, 6.45) is 9.57. The van der Waals surface area contributed by atoms with Crippen LogP contribution in [0.25, 0.3) is 0 Å². The van der Waals surface area contributed by atoms with Crippen molar-refractivity contribution in [3.05, 3.63) is 0 Å². The largest absolute Gasteiger partial charge is 0.356 e. The molecular weight excluding hydrogens is 224 g/mol. The summed E-state index contributed by atoms with van der Waals surface area (Å²) in [5.74, 6) is 0.905. The fraction of sp³-hybridized carbons (Fsp3) is 0.933. The first-order valence-electron chi connectivity index (χ1n) is 7.80. The van der Waals surface area contributed by atoms with Gasteiger partial charge in [-0.25, -0.2) is 0 Å². The molecule has 0 aromatic rings. The number of nitrogens with one attached hydrogen (secondary N) is 1. The van der Waals surface area contributed by atoms with Crippen LogP contribution in [0.15, 0.2) is 0 Å². The number of nitrogens with zero attached hydrogens (tertiary/aromatic N) is 1. The summed E-state index contributed by atoms with van der Waals surface area (Å²) >= 11 is 0. The van der Waals surface area contributed by atoms with Crippen molar-refractivity contribution >= 4 is 5.91 Å². The molecule has 3 heteroatoms. The molecule has 0 aromatic carbocycles. The van der Waals surface area contributed by atoms with Crippen LogP contribution in [0.5, 0.6) is 0 Å². The van der Waals surface area contributed by atoms with E-state index in [-0.39, 0.29) is 5.91 Å². The molecule has 1 saturated heterocycles. The number of rotatable bonds is 7. The Kier molecular flexibility index (Phi) is 5.48. The van der Waals surface area contributed by atoms with Gasteiger partial charge in [0.25, 0.3) is 0 Å². The molecule has 1 aliphatic carbocycles. The molecule has 2 aliphatic rings. The Bertz CT molecular complexity index is 255. The number of piperidine rings is 1. The van der Waals surface area contributed by atoms with Gasteiger partial charge in [0, 0.05) is 19.0 Å². The number of hydrogen-bond donors (Lipinski definition) is 1. The van der Waals surface area contributed by atoms with Gasteiger partial charge in [-0.15, -0.1) is 0 Å². The van der Waals surface area contributed by atoms with Crippen LogP contribution >= 0.6 is 0 Å². The van der Waals surface area contributed by atoms with Crippen LogP contribution in [-0.4, -0.2) is 36.5 Å². The molecule has 1 heterocycles. The van der Waals surface area contributed by atoms with Crippen molar-refractivity contribution in [3.8, 4) is 0 Å². The molecule has 1 saturated carbocycles. The summed E-state index contributed by atoms with van der Waals surface area (Å²) in [5.41, 5.74) is 0. The fourth-order valence-electron chi connectivity index (χ4n) is 2.90. The first-order chi connectivity index (χ1) is 8.79. The fourth-order valence-corrected chi connectivity index (χ4v) is 2.90. The quantitative estimate of drug-likeness (QED) is 0.706. The summed E-state index contributed by atoms with van der Waals surface area (Å²) in [5, 5.41) is 3.06. The minimum Gasteiger partial charge on any atom is -0.356 e. The number of hydrogen-bond acceptors (Lipinski definition) is 2. The Balaban J connectivity index is 1.54. The molecule has 2 fully saturated rings. The Morgan fingerprint density at radius 3 is 2.50 bits per heavy atom. The van der Waals surface area contributed by atoms with Gasteiger partial charge in [-0.1, -0.05) is 19.8 Å². The van der Waals surface area contributed by atoms with Gasteiger partial charge in [0.15, 0.2) is 0 Å². The van der Waals surface area contributed by atoms with E-state index in [1.807, 2.05) is 0 Å². The van der Waals surface area contributed by atoms with E-state index >= 15 is 0 Å². The summed E-state index contributed by atoms with van der Waals surface area (Å²) < 4.78 is 0. The Morgan fingerprint density at radius 2 is 1.89 bits per heavy atom. The van der Waals surface area contributed by atoms with Crippen LogP contribution in [0, 0.1) is 5.92 Å². The van der Waals surface area contributed by atoms with Crippen LogP contribution in [-0.2, 0) is 4.79 Å². The molecule has 18 heavy (non-hydrogen) atoms. The maximum atomic E-state index is 11.8. The Labute approximate surface area is 111 Å². The summed E-state index contributed by atoms with van der Waals surface area (Å²) in [4.78, 5) is 14.4. The minimum atomic E-state index is 0.274. The average molecular weight is 252 g/mol. The van der Waals surface area contributed by atoms with Gasteiger partial charge in [0.1, 0.15) is 0 Å². The minimum absolute atomic E-state index is 0.274. The molecule has 104 valence electrons. The molecule has 0 unspecified atom stereocenters. The highest BCUT2D eigenvalue weighted by molar-refractivity contribution is 5.76. The zero-order chi connectivity index (χ0) is 12.8. The first-order valence-corrected chi connectivity index (χ1v) is 7.80. The van der Waals surface area contributed by atoms with Gasteiger partial charge in [-0.05, 0) is 51.1 Å². The second-order valence-corrected chi connectivity index (χ2v) is 5.97. The lowest BCUT2D eigenvalue weighted by molar-refractivity contribution is -0.122. The molecule has 0 bridgehead atoms. The van der Waals surface area contributed by atoms with Crippen LogP contribution in [0.3, 0.4) is 0 Å². The highest BCUT2D eigenvalue weighted by Gasteiger charge is 2.32. The third-order valence-electron chi connectivity index (χ3n) is 4.29. The normalized spacial score (nSPS) is 22.1. The van der Waals surface area contributed by atoms with Crippen molar-refractivity contribution in [2.75, 3.05) is 19.6 Å². The molecule has 0 atom stereocenters. The van der Waals surface area contributed by atoms with E-state index in [0.717, 1.165) is 25.4 Å². The van der Waals surface area contributed by atoms with Crippen molar-refractivity contribution in [3.63, 3.8) is 0 Å². The highest BCUT2D eigenvalue weighted by atomic mass is 16.1. The molecule has 2 rings (SSSR count). The number of amides is 1. The standard InChI is InChI=1S/C15H28N2O/c1-2-3-4-9-16-15(18)12-13-7-10-17(11-8-13)14-5-6-14/h13-14H,2-12H2,1H3,(H,16,18). The van der Waals surface area contributed by atoms with E-state index in [1.54, 1.807) is 0 Å². The van der Waals surface area contributed by atoms with E-state index in [4.69, 9.17) is 0 Å². The third kappa shape index (κ3) is 4.60. The molecule has 3 nitrogen and oxygen atoms in total. The third-order valence-corrected chi connectivity index (χ3v) is 4.29. The predicted molar refractivity (Wildman–Crippen MR) is 74.5 cm³/mol. The number of carbonyl (C=O) groups excluding carboxylic acids is 1. The van der Waals surface area contributed by atoms with E-state index < -0.39 is 0 Å². The molecule has 0 aromatic heterocycles. The van der Waals surface area contributed by atoms with Crippen LogP contribution in [0.1, 0.15) is 58.3 Å². The van der Waals surface area contributed by atoms with Gasteiger partial charge in [0.2, 0.25) is 5.91 Å². The number of likely N-dealkylation sites (tertiary alicyclic amines) is 1. The van der Waals surface area contributed by atoms with Crippen molar-refractivity contribution in [2.45, 2.75) is 64.3 Å². The number of carbonyl (C=O) groups is 1. The second kappa shape index (κ2) is 7.13.